The fourth-order valence-electron chi connectivity index (χ4n) is 2.49. The molecule has 1 saturated heterocycles. The highest BCUT2D eigenvalue weighted by Crippen LogP contribution is 2.27. The van der Waals surface area contributed by atoms with Crippen LogP contribution in [0.5, 0.6) is 0 Å². The van der Waals surface area contributed by atoms with E-state index in [1.54, 1.807) is 0 Å². The molecule has 0 saturated carbocycles. The second kappa shape index (κ2) is 6.48. The molecular weight excluding hydrogens is 240 g/mol. The second-order valence-corrected chi connectivity index (χ2v) is 6.57. The molecule has 3 heteroatoms. The Morgan fingerprint density at radius 2 is 2.28 bits per heavy atom. The zero-order valence-corrected chi connectivity index (χ0v) is 12.5. The molecule has 1 aromatic rings. The average Bonchev–Trinajstić information content (AvgIpc) is 2.36. The number of anilines is 1. The van der Waals surface area contributed by atoms with Crippen LogP contribution in [0.15, 0.2) is 18.2 Å². The summed E-state index contributed by atoms with van der Waals surface area (Å²) in [5, 5.41) is 4.13. The predicted octanol–water partition coefficient (Wildman–Crippen LogP) is 3.05. The smallest absolute Gasteiger partial charge is 0.0396 e. The largest absolute Gasteiger partial charge is 0.369 e. The van der Waals surface area contributed by atoms with Crippen molar-refractivity contribution < 1.29 is 0 Å². The molecule has 0 aliphatic carbocycles. The highest BCUT2D eigenvalue weighted by atomic mass is 32.2. The molecule has 2 rings (SSSR count). The third-order valence-electron chi connectivity index (χ3n) is 3.42. The van der Waals surface area contributed by atoms with E-state index in [4.69, 9.17) is 0 Å². The van der Waals surface area contributed by atoms with Crippen LogP contribution < -0.4 is 10.2 Å². The van der Waals surface area contributed by atoms with E-state index in [-0.39, 0.29) is 0 Å². The molecule has 0 bridgehead atoms. The molecule has 1 heterocycles. The number of hydrogen-bond acceptors (Lipinski definition) is 3. The fourth-order valence-corrected chi connectivity index (χ4v) is 3.50. The molecule has 0 radical (unpaired) electrons. The van der Waals surface area contributed by atoms with Gasteiger partial charge in [-0.25, -0.2) is 0 Å². The summed E-state index contributed by atoms with van der Waals surface area (Å²) in [5.41, 5.74) is 4.21. The number of thioether (sulfide) groups is 1. The van der Waals surface area contributed by atoms with Crippen LogP contribution in [0.25, 0.3) is 0 Å². The molecule has 1 unspecified atom stereocenters. The highest BCUT2D eigenvalue weighted by Gasteiger charge is 2.18. The van der Waals surface area contributed by atoms with Crippen LogP contribution in [0.1, 0.15) is 25.0 Å². The van der Waals surface area contributed by atoms with Gasteiger partial charge in [0.2, 0.25) is 0 Å². The minimum Gasteiger partial charge on any atom is -0.369 e. The van der Waals surface area contributed by atoms with Gasteiger partial charge in [-0.1, -0.05) is 26.0 Å². The van der Waals surface area contributed by atoms with E-state index in [1.807, 2.05) is 0 Å². The summed E-state index contributed by atoms with van der Waals surface area (Å²) in [7, 11) is 0. The number of benzene rings is 1. The van der Waals surface area contributed by atoms with Crippen molar-refractivity contribution in [3.8, 4) is 0 Å². The van der Waals surface area contributed by atoms with Crippen molar-refractivity contribution in [3.63, 3.8) is 0 Å². The number of rotatable bonds is 4. The van der Waals surface area contributed by atoms with Crippen molar-refractivity contribution in [2.45, 2.75) is 32.6 Å². The van der Waals surface area contributed by atoms with E-state index >= 15 is 0 Å². The lowest BCUT2D eigenvalue weighted by Gasteiger charge is -2.33. The minimum atomic E-state index is 0.750. The fraction of sp³-hybridized carbons (Fsp3) is 0.600. The molecule has 0 spiro atoms. The van der Waals surface area contributed by atoms with Crippen molar-refractivity contribution in [1.82, 2.24) is 5.32 Å². The Hall–Kier alpha value is -0.670. The molecule has 2 nitrogen and oxygen atoms in total. The van der Waals surface area contributed by atoms with Gasteiger partial charge in [-0.15, -0.1) is 0 Å². The molecule has 1 aliphatic rings. The first-order valence-electron chi connectivity index (χ1n) is 6.87. The Morgan fingerprint density at radius 3 is 2.94 bits per heavy atom. The summed E-state index contributed by atoms with van der Waals surface area (Å²) < 4.78 is 0. The van der Waals surface area contributed by atoms with Gasteiger partial charge in [0.15, 0.2) is 0 Å². The number of aryl methyl sites for hydroxylation is 1. The Morgan fingerprint density at radius 1 is 1.44 bits per heavy atom. The summed E-state index contributed by atoms with van der Waals surface area (Å²) in [6.45, 7) is 11.1. The molecule has 18 heavy (non-hydrogen) atoms. The highest BCUT2D eigenvalue weighted by molar-refractivity contribution is 8.00. The Balaban J connectivity index is 2.08. The van der Waals surface area contributed by atoms with Gasteiger partial charge in [0.25, 0.3) is 0 Å². The van der Waals surface area contributed by atoms with Gasteiger partial charge in [0.05, 0.1) is 0 Å². The molecular formula is C15H24N2S. The standard InChI is InChI=1S/C15H24N2S/c1-4-16-10-14-5-6-15(12(2)9-14)17-7-8-18-13(3)11-17/h5-6,9,13,16H,4,7-8,10-11H2,1-3H3. The molecule has 1 aromatic carbocycles. The molecule has 0 aromatic heterocycles. The molecule has 1 N–H and O–H groups in total. The normalized spacial score (nSPS) is 20.2. The van der Waals surface area contributed by atoms with E-state index in [0.29, 0.717) is 0 Å². The number of nitrogens with one attached hydrogen (secondary N) is 1. The summed E-state index contributed by atoms with van der Waals surface area (Å²) in [5.74, 6) is 1.25. The van der Waals surface area contributed by atoms with E-state index in [2.05, 4.69) is 60.9 Å². The third-order valence-corrected chi connectivity index (χ3v) is 4.56. The number of nitrogens with zero attached hydrogens (tertiary/aromatic N) is 1. The first-order chi connectivity index (χ1) is 8.70. The lowest BCUT2D eigenvalue weighted by atomic mass is 10.1. The second-order valence-electron chi connectivity index (χ2n) is 5.03. The molecule has 100 valence electrons. The Bertz CT molecular complexity index is 392. The maximum atomic E-state index is 3.38. The van der Waals surface area contributed by atoms with Crippen LogP contribution >= 0.6 is 11.8 Å². The van der Waals surface area contributed by atoms with Gasteiger partial charge in [-0.2, -0.15) is 11.8 Å². The molecule has 1 atom stereocenters. The van der Waals surface area contributed by atoms with Gasteiger partial charge in [0.1, 0.15) is 0 Å². The zero-order chi connectivity index (χ0) is 13.0. The summed E-state index contributed by atoms with van der Waals surface area (Å²) in [4.78, 5) is 2.54. The molecule has 1 fully saturated rings. The topological polar surface area (TPSA) is 15.3 Å². The van der Waals surface area contributed by atoms with Crippen LogP contribution in [0.3, 0.4) is 0 Å². The van der Waals surface area contributed by atoms with Crippen molar-refractivity contribution in [2.75, 3.05) is 30.3 Å². The zero-order valence-electron chi connectivity index (χ0n) is 11.7. The first-order valence-corrected chi connectivity index (χ1v) is 7.92. The van der Waals surface area contributed by atoms with Crippen molar-refractivity contribution >= 4 is 17.4 Å². The van der Waals surface area contributed by atoms with Crippen molar-refractivity contribution in [3.05, 3.63) is 29.3 Å². The third kappa shape index (κ3) is 3.42. The van der Waals surface area contributed by atoms with E-state index in [1.165, 1.54) is 35.7 Å². The number of hydrogen-bond donors (Lipinski definition) is 1. The lowest BCUT2D eigenvalue weighted by molar-refractivity contribution is 0.725. The average molecular weight is 264 g/mol. The summed E-state index contributed by atoms with van der Waals surface area (Å²) >= 11 is 2.08. The van der Waals surface area contributed by atoms with Crippen LogP contribution in [-0.2, 0) is 6.54 Å². The van der Waals surface area contributed by atoms with E-state index in [9.17, 15) is 0 Å². The Kier molecular flexibility index (Phi) is 4.95. The van der Waals surface area contributed by atoms with E-state index in [0.717, 1.165) is 18.3 Å². The van der Waals surface area contributed by atoms with Crippen LogP contribution in [0.4, 0.5) is 5.69 Å². The van der Waals surface area contributed by atoms with Crippen molar-refractivity contribution in [1.29, 1.82) is 0 Å². The molecule has 0 amide bonds. The maximum absolute atomic E-state index is 3.38. The SMILES string of the molecule is CCNCc1ccc(N2CCSC(C)C2)c(C)c1. The van der Waals surface area contributed by atoms with Gasteiger partial charge in [0, 0.05) is 36.3 Å². The van der Waals surface area contributed by atoms with Gasteiger partial charge < -0.3 is 10.2 Å². The van der Waals surface area contributed by atoms with Crippen LogP contribution in [-0.4, -0.2) is 30.6 Å². The minimum absolute atomic E-state index is 0.750. The van der Waals surface area contributed by atoms with Gasteiger partial charge in [-0.3, -0.25) is 0 Å². The first kappa shape index (κ1) is 13.8. The van der Waals surface area contributed by atoms with Crippen LogP contribution in [0, 0.1) is 6.92 Å². The Labute approximate surface area is 115 Å². The summed E-state index contributed by atoms with van der Waals surface area (Å²) in [6, 6.07) is 6.88. The lowest BCUT2D eigenvalue weighted by Crippen LogP contribution is -2.37. The van der Waals surface area contributed by atoms with Gasteiger partial charge >= 0.3 is 0 Å². The molecule has 1 aliphatic heterocycles. The predicted molar refractivity (Wildman–Crippen MR) is 82.7 cm³/mol. The quantitative estimate of drug-likeness (QED) is 0.900. The van der Waals surface area contributed by atoms with Gasteiger partial charge in [-0.05, 0) is 30.7 Å². The van der Waals surface area contributed by atoms with Crippen molar-refractivity contribution in [2.24, 2.45) is 0 Å². The van der Waals surface area contributed by atoms with Crippen LogP contribution in [0.2, 0.25) is 0 Å². The van der Waals surface area contributed by atoms with E-state index < -0.39 is 0 Å². The maximum Gasteiger partial charge on any atom is 0.0396 e. The monoisotopic (exact) mass is 264 g/mol. The summed E-state index contributed by atoms with van der Waals surface area (Å²) in [6.07, 6.45) is 0.